The molecule has 0 unspecified atom stereocenters. The Hall–Kier alpha value is -5.74. The van der Waals surface area contributed by atoms with Crippen LogP contribution in [0.15, 0.2) is 76.0 Å². The van der Waals surface area contributed by atoms with Crippen molar-refractivity contribution >= 4 is 29.2 Å². The number of benzene rings is 2. The van der Waals surface area contributed by atoms with Gasteiger partial charge in [-0.3, -0.25) is 0 Å². The lowest BCUT2D eigenvalue weighted by molar-refractivity contribution is 0.429. The van der Waals surface area contributed by atoms with Gasteiger partial charge in [-0.05, 0) is 85.1 Å². The minimum Gasteiger partial charge on any atom is -0.461 e. The Morgan fingerprint density at radius 2 is 1.76 bits per heavy atom. The van der Waals surface area contributed by atoms with Crippen LogP contribution in [0.4, 0.5) is 23.1 Å². The normalized spacial score (nSPS) is 10.7. The lowest BCUT2D eigenvalue weighted by atomic mass is 10.0. The van der Waals surface area contributed by atoms with E-state index in [2.05, 4.69) is 31.8 Å². The molecule has 2 N–H and O–H groups in total. The molecule has 0 saturated heterocycles. The van der Waals surface area contributed by atoms with E-state index in [1.54, 1.807) is 48.7 Å². The maximum absolute atomic E-state index is 9.05. The minimum absolute atomic E-state index is 0.215. The van der Waals surface area contributed by atoms with Crippen molar-refractivity contribution in [3.05, 3.63) is 89.3 Å². The van der Waals surface area contributed by atoms with Crippen molar-refractivity contribution in [3.8, 4) is 35.2 Å². The molecule has 0 fully saturated rings. The van der Waals surface area contributed by atoms with E-state index in [9.17, 15) is 0 Å². The lowest BCUT2D eigenvalue weighted by Crippen LogP contribution is -2.05. The summed E-state index contributed by atoms with van der Waals surface area (Å²) in [4.78, 5) is 13.6. The van der Waals surface area contributed by atoms with Crippen LogP contribution in [0.1, 0.15) is 22.3 Å². The van der Waals surface area contributed by atoms with Crippen molar-refractivity contribution in [2.75, 3.05) is 10.6 Å². The molecule has 0 spiro atoms. The highest BCUT2D eigenvalue weighted by molar-refractivity contribution is 5.78. The Balaban J connectivity index is 1.54. The Kier molecular flexibility index (Phi) is 6.61. The third kappa shape index (κ3) is 5.10. The number of nitrogens with one attached hydrogen (secondary N) is 2. The van der Waals surface area contributed by atoms with Gasteiger partial charge in [0.1, 0.15) is 11.4 Å². The second-order valence-electron chi connectivity index (χ2n) is 8.29. The Morgan fingerprint density at radius 1 is 0.974 bits per heavy atom. The van der Waals surface area contributed by atoms with Gasteiger partial charge in [0, 0.05) is 23.6 Å². The average Bonchev–Trinajstić information content (AvgIpc) is 3.63. The molecule has 5 aromatic rings. The number of furan rings is 1. The molecule has 184 valence electrons. The van der Waals surface area contributed by atoms with E-state index in [1.165, 1.54) is 12.3 Å². The van der Waals surface area contributed by atoms with E-state index in [0.29, 0.717) is 34.5 Å². The number of aryl methyl sites for hydroxylation is 2. The number of hydrogen-bond donors (Lipinski definition) is 2. The zero-order valence-electron chi connectivity index (χ0n) is 20.4. The van der Waals surface area contributed by atoms with Crippen LogP contribution in [0.2, 0.25) is 0 Å². The molecule has 0 saturated carbocycles. The van der Waals surface area contributed by atoms with Gasteiger partial charge in [-0.2, -0.15) is 20.5 Å². The number of aromatic nitrogens is 4. The average molecular weight is 501 g/mol. The fraction of sp³-hybridized carbons (Fsp3) is 0.0714. The van der Waals surface area contributed by atoms with Crippen LogP contribution in [0.25, 0.3) is 29.1 Å². The molecular formula is C28H20N8O2. The van der Waals surface area contributed by atoms with Gasteiger partial charge in [0.15, 0.2) is 5.76 Å². The molecule has 0 bridgehead atoms. The molecule has 0 radical (unpaired) electrons. The lowest BCUT2D eigenvalue weighted by Gasteiger charge is -2.16. The molecule has 10 nitrogen and oxygen atoms in total. The summed E-state index contributed by atoms with van der Waals surface area (Å²) in [6.07, 6.45) is 6.33. The third-order valence-electron chi connectivity index (χ3n) is 5.61. The predicted molar refractivity (Wildman–Crippen MR) is 141 cm³/mol. The summed E-state index contributed by atoms with van der Waals surface area (Å²) < 4.78 is 10.9. The van der Waals surface area contributed by atoms with Gasteiger partial charge in [-0.25, -0.2) is 4.98 Å². The van der Waals surface area contributed by atoms with Crippen LogP contribution >= 0.6 is 0 Å². The van der Waals surface area contributed by atoms with E-state index in [-0.39, 0.29) is 5.89 Å². The van der Waals surface area contributed by atoms with Crippen LogP contribution < -0.4 is 10.6 Å². The summed E-state index contributed by atoms with van der Waals surface area (Å²) in [5, 5.41) is 28.5. The fourth-order valence-corrected chi connectivity index (χ4v) is 3.83. The molecule has 3 aromatic heterocycles. The molecule has 38 heavy (non-hydrogen) atoms. The fourth-order valence-electron chi connectivity index (χ4n) is 3.83. The van der Waals surface area contributed by atoms with Crippen LogP contribution in [0.3, 0.4) is 0 Å². The quantitative estimate of drug-likeness (QED) is 0.244. The molecule has 3 heterocycles. The predicted octanol–water partition coefficient (Wildman–Crippen LogP) is 6.30. The summed E-state index contributed by atoms with van der Waals surface area (Å²) in [5.74, 6) is 1.76. The van der Waals surface area contributed by atoms with Crippen LogP contribution in [0.5, 0.6) is 0 Å². The summed E-state index contributed by atoms with van der Waals surface area (Å²) in [6, 6.07) is 18.5. The van der Waals surface area contributed by atoms with Crippen LogP contribution in [-0.2, 0) is 0 Å². The topological polar surface area (TPSA) is 149 Å². The maximum Gasteiger partial charge on any atom is 0.263 e. The van der Waals surface area contributed by atoms with Crippen LogP contribution in [-0.4, -0.2) is 20.1 Å². The van der Waals surface area contributed by atoms with Crippen molar-refractivity contribution in [3.63, 3.8) is 0 Å². The van der Waals surface area contributed by atoms with Crippen molar-refractivity contribution < 1.29 is 8.94 Å². The van der Waals surface area contributed by atoms with Crippen LogP contribution in [0, 0.1) is 36.5 Å². The number of rotatable bonds is 7. The maximum atomic E-state index is 9.05. The standard InChI is InChI=1S/C28H20N8O2/c1-17-13-20(5-3-11-29)14-18(2)24(17)33-25-22(27-34-26(36-38-27)23-6-4-12-37-23)16-31-28(35-25)32-21-9-7-19(15-30)8-10-21/h3-10,12-14,16H,1-2H3,(H2,31,32,33,35)/b5-3+. The molecule has 10 heteroatoms. The van der Waals surface area contributed by atoms with Gasteiger partial charge in [-0.15, -0.1) is 0 Å². The molecule has 0 aliphatic heterocycles. The highest BCUT2D eigenvalue weighted by Crippen LogP contribution is 2.33. The van der Waals surface area contributed by atoms with Crippen molar-refractivity contribution in [2.45, 2.75) is 13.8 Å². The molecule has 0 aliphatic rings. The second-order valence-corrected chi connectivity index (χ2v) is 8.29. The number of hydrogen-bond acceptors (Lipinski definition) is 10. The molecule has 0 aliphatic carbocycles. The minimum atomic E-state index is 0.215. The first-order valence-corrected chi connectivity index (χ1v) is 11.5. The number of nitriles is 2. The monoisotopic (exact) mass is 500 g/mol. The molecule has 0 amide bonds. The number of nitrogens with zero attached hydrogens (tertiary/aromatic N) is 6. The number of anilines is 4. The number of allylic oxidation sites excluding steroid dienone is 1. The second kappa shape index (κ2) is 10.5. The first kappa shape index (κ1) is 24.0. The van der Waals surface area contributed by atoms with Crippen molar-refractivity contribution in [2.24, 2.45) is 0 Å². The zero-order chi connectivity index (χ0) is 26.5. The Morgan fingerprint density at radius 3 is 2.45 bits per heavy atom. The van der Waals surface area contributed by atoms with Gasteiger partial charge in [0.05, 0.1) is 24.0 Å². The van der Waals surface area contributed by atoms with E-state index in [1.807, 2.05) is 32.0 Å². The zero-order valence-corrected chi connectivity index (χ0v) is 20.4. The summed E-state index contributed by atoms with van der Waals surface area (Å²) >= 11 is 0. The van der Waals surface area contributed by atoms with E-state index < -0.39 is 0 Å². The SMILES string of the molecule is Cc1cc(/C=C/C#N)cc(C)c1Nc1nc(Nc2ccc(C#N)cc2)ncc1-c1nc(-c2ccco2)no1. The summed E-state index contributed by atoms with van der Waals surface area (Å²) in [7, 11) is 0. The van der Waals surface area contributed by atoms with Gasteiger partial charge < -0.3 is 19.6 Å². The van der Waals surface area contributed by atoms with E-state index in [0.717, 1.165) is 28.1 Å². The Bertz CT molecular complexity index is 1680. The molecule has 0 atom stereocenters. The smallest absolute Gasteiger partial charge is 0.263 e. The highest BCUT2D eigenvalue weighted by Gasteiger charge is 2.19. The van der Waals surface area contributed by atoms with Gasteiger partial charge in [0.25, 0.3) is 5.89 Å². The molecular weight excluding hydrogens is 480 g/mol. The molecule has 5 rings (SSSR count). The van der Waals surface area contributed by atoms with Crippen molar-refractivity contribution in [1.82, 2.24) is 20.1 Å². The first-order valence-electron chi connectivity index (χ1n) is 11.5. The Labute approximate surface area is 217 Å². The van der Waals surface area contributed by atoms with Crippen molar-refractivity contribution in [1.29, 1.82) is 10.5 Å². The first-order chi connectivity index (χ1) is 18.5. The van der Waals surface area contributed by atoms with Gasteiger partial charge in [0.2, 0.25) is 11.8 Å². The highest BCUT2D eigenvalue weighted by atomic mass is 16.5. The van der Waals surface area contributed by atoms with Gasteiger partial charge >= 0.3 is 0 Å². The largest absolute Gasteiger partial charge is 0.461 e. The molecule has 2 aromatic carbocycles. The summed E-state index contributed by atoms with van der Waals surface area (Å²) in [5.41, 5.74) is 5.44. The summed E-state index contributed by atoms with van der Waals surface area (Å²) in [6.45, 7) is 3.94. The van der Waals surface area contributed by atoms with E-state index in [4.69, 9.17) is 24.4 Å². The van der Waals surface area contributed by atoms with Gasteiger partial charge in [-0.1, -0.05) is 5.16 Å². The van der Waals surface area contributed by atoms with E-state index >= 15 is 0 Å². The third-order valence-corrected chi connectivity index (χ3v) is 5.61.